The molecular weight excluding hydrogens is 454 g/mol. The average Bonchev–Trinajstić information content (AvgIpc) is 2.85. The normalized spacial score (nSPS) is 18.6. The molecule has 0 unspecified atom stereocenters. The quantitative estimate of drug-likeness (QED) is 0.563. The number of imide groups is 1. The average molecular weight is 484 g/mol. The molecule has 0 aromatic heterocycles. The Bertz CT molecular complexity index is 1160. The molecule has 0 saturated carbocycles. The lowest BCUT2D eigenvalue weighted by Crippen LogP contribution is -2.48. The van der Waals surface area contributed by atoms with Crippen molar-refractivity contribution >= 4 is 33.6 Å². The first-order valence-corrected chi connectivity index (χ1v) is 12.8. The first-order chi connectivity index (χ1) is 16.4. The molecule has 0 spiro atoms. The molecule has 2 aromatic rings. The molecule has 0 aliphatic carbocycles. The molecule has 9 heteroatoms. The van der Waals surface area contributed by atoms with Crippen LogP contribution < -0.4 is 9.64 Å². The second-order valence-corrected chi connectivity index (χ2v) is 10.2. The Hall–Kier alpha value is -3.01. The third kappa shape index (κ3) is 5.22. The second kappa shape index (κ2) is 10.5. The molecule has 2 aliphatic rings. The summed E-state index contributed by atoms with van der Waals surface area (Å²) in [6, 6.07) is 14.5. The standard InChI is InChI=1S/C25H29N3O5S/c1-33-22-13-12-21(28-24(29)10-5-11-25(28)30)19-23(22)34(31,32)27-17-15-26(16-18-27)14-6-9-20-7-3-2-4-8-20/h2-4,6-9,12-13,19H,5,10-11,14-18H2,1H3/b9-6+. The van der Waals surface area contributed by atoms with Crippen LogP contribution >= 0.6 is 0 Å². The zero-order valence-electron chi connectivity index (χ0n) is 19.2. The van der Waals surface area contributed by atoms with Gasteiger partial charge in [0.1, 0.15) is 10.6 Å². The van der Waals surface area contributed by atoms with Crippen molar-refractivity contribution in [3.63, 3.8) is 0 Å². The van der Waals surface area contributed by atoms with Crippen LogP contribution in [0.1, 0.15) is 24.8 Å². The highest BCUT2D eigenvalue weighted by molar-refractivity contribution is 7.89. The Morgan fingerprint density at radius 1 is 0.941 bits per heavy atom. The van der Waals surface area contributed by atoms with E-state index in [0.717, 1.165) is 17.0 Å². The van der Waals surface area contributed by atoms with Crippen LogP contribution in [0.2, 0.25) is 0 Å². The van der Waals surface area contributed by atoms with Crippen LogP contribution in [0.5, 0.6) is 5.75 Å². The minimum absolute atomic E-state index is 0.0314. The lowest BCUT2D eigenvalue weighted by molar-refractivity contribution is -0.129. The molecule has 34 heavy (non-hydrogen) atoms. The van der Waals surface area contributed by atoms with Gasteiger partial charge in [-0.25, -0.2) is 8.42 Å². The largest absolute Gasteiger partial charge is 0.495 e. The molecule has 4 rings (SSSR count). The number of anilines is 1. The van der Waals surface area contributed by atoms with Gasteiger partial charge < -0.3 is 4.74 Å². The fourth-order valence-corrected chi connectivity index (χ4v) is 5.84. The lowest BCUT2D eigenvalue weighted by Gasteiger charge is -2.34. The molecular formula is C25H29N3O5S. The summed E-state index contributed by atoms with van der Waals surface area (Å²) in [6.07, 6.45) is 5.18. The predicted octanol–water partition coefficient (Wildman–Crippen LogP) is 2.76. The molecule has 2 saturated heterocycles. The fourth-order valence-electron chi connectivity index (χ4n) is 4.24. The van der Waals surface area contributed by atoms with Crippen LogP contribution in [0.3, 0.4) is 0 Å². The van der Waals surface area contributed by atoms with Crippen LogP contribution in [-0.4, -0.2) is 69.3 Å². The number of benzene rings is 2. The van der Waals surface area contributed by atoms with Gasteiger partial charge in [-0.15, -0.1) is 0 Å². The van der Waals surface area contributed by atoms with Crippen molar-refractivity contribution < 1.29 is 22.7 Å². The highest BCUT2D eigenvalue weighted by Gasteiger charge is 2.33. The number of carbonyl (C=O) groups is 2. The van der Waals surface area contributed by atoms with Gasteiger partial charge >= 0.3 is 0 Å². The molecule has 2 aromatic carbocycles. The number of piperazine rings is 1. The third-order valence-electron chi connectivity index (χ3n) is 6.11. The maximum absolute atomic E-state index is 13.5. The number of nitrogens with zero attached hydrogens (tertiary/aromatic N) is 3. The smallest absolute Gasteiger partial charge is 0.246 e. The first-order valence-electron chi connectivity index (χ1n) is 11.4. The van der Waals surface area contributed by atoms with Crippen molar-refractivity contribution in [2.24, 2.45) is 0 Å². The summed E-state index contributed by atoms with van der Waals surface area (Å²) in [4.78, 5) is 27.9. The maximum atomic E-state index is 13.5. The first kappa shape index (κ1) is 24.1. The van der Waals surface area contributed by atoms with E-state index in [1.165, 1.54) is 23.5 Å². The summed E-state index contributed by atoms with van der Waals surface area (Å²) >= 11 is 0. The highest BCUT2D eigenvalue weighted by atomic mass is 32.2. The molecule has 2 aliphatic heterocycles. The SMILES string of the molecule is COc1ccc(N2C(=O)CCCC2=O)cc1S(=O)(=O)N1CCN(C/C=C/c2ccccc2)CC1. The van der Waals surface area contributed by atoms with Gasteiger partial charge in [-0.05, 0) is 30.2 Å². The predicted molar refractivity (Wildman–Crippen MR) is 130 cm³/mol. The number of sulfonamides is 1. The van der Waals surface area contributed by atoms with E-state index in [2.05, 4.69) is 17.1 Å². The Kier molecular flexibility index (Phi) is 7.45. The van der Waals surface area contributed by atoms with Gasteiger partial charge in [0.25, 0.3) is 0 Å². The Morgan fingerprint density at radius 2 is 1.62 bits per heavy atom. The van der Waals surface area contributed by atoms with Gasteiger partial charge in [0.05, 0.1) is 12.8 Å². The van der Waals surface area contributed by atoms with Gasteiger partial charge in [-0.2, -0.15) is 4.31 Å². The summed E-state index contributed by atoms with van der Waals surface area (Å²) in [6.45, 7) is 2.63. The van der Waals surface area contributed by atoms with Crippen molar-refractivity contribution in [3.8, 4) is 5.75 Å². The van der Waals surface area contributed by atoms with Crippen LogP contribution in [0.4, 0.5) is 5.69 Å². The summed E-state index contributed by atoms with van der Waals surface area (Å²) < 4.78 is 33.7. The molecule has 2 amide bonds. The molecule has 0 N–H and O–H groups in total. The molecule has 0 bridgehead atoms. The Balaban J connectivity index is 1.47. The van der Waals surface area contributed by atoms with Gasteiger partial charge in [-0.3, -0.25) is 19.4 Å². The second-order valence-electron chi connectivity index (χ2n) is 8.33. The number of ether oxygens (including phenoxy) is 1. The summed E-state index contributed by atoms with van der Waals surface area (Å²) in [7, 11) is -2.47. The van der Waals surface area contributed by atoms with Gasteiger partial charge in [-0.1, -0.05) is 42.5 Å². The number of methoxy groups -OCH3 is 1. The van der Waals surface area contributed by atoms with Crippen molar-refractivity contribution in [3.05, 3.63) is 60.2 Å². The van der Waals surface area contributed by atoms with Gasteiger partial charge in [0.2, 0.25) is 21.8 Å². The molecule has 180 valence electrons. The van der Waals surface area contributed by atoms with Crippen molar-refractivity contribution in [2.45, 2.75) is 24.2 Å². The summed E-state index contributed by atoms with van der Waals surface area (Å²) in [5.41, 5.74) is 1.39. The maximum Gasteiger partial charge on any atom is 0.246 e. The zero-order chi connectivity index (χ0) is 24.1. The summed E-state index contributed by atoms with van der Waals surface area (Å²) in [5, 5.41) is 0. The summed E-state index contributed by atoms with van der Waals surface area (Å²) in [5.74, 6) is -0.447. The minimum atomic E-state index is -3.87. The van der Waals surface area contributed by atoms with Crippen LogP contribution in [0, 0.1) is 0 Å². The van der Waals surface area contributed by atoms with E-state index in [-0.39, 0.29) is 41.0 Å². The fraction of sp³-hybridized carbons (Fsp3) is 0.360. The lowest BCUT2D eigenvalue weighted by atomic mass is 10.1. The molecule has 0 atom stereocenters. The van der Waals surface area contributed by atoms with E-state index in [9.17, 15) is 18.0 Å². The van der Waals surface area contributed by atoms with Gasteiger partial charge in [0.15, 0.2) is 0 Å². The molecule has 0 radical (unpaired) electrons. The minimum Gasteiger partial charge on any atom is -0.495 e. The number of amides is 2. The highest BCUT2D eigenvalue weighted by Crippen LogP contribution is 2.33. The molecule has 2 fully saturated rings. The van der Waals surface area contributed by atoms with Crippen molar-refractivity contribution in [1.29, 1.82) is 0 Å². The number of hydrogen-bond donors (Lipinski definition) is 0. The van der Waals surface area contributed by atoms with E-state index < -0.39 is 10.0 Å². The van der Waals surface area contributed by atoms with Crippen molar-refractivity contribution in [2.75, 3.05) is 44.7 Å². The third-order valence-corrected chi connectivity index (χ3v) is 8.03. The van der Waals surface area contributed by atoms with Crippen LogP contribution in [0.15, 0.2) is 59.5 Å². The van der Waals surface area contributed by atoms with E-state index in [1.807, 2.05) is 30.3 Å². The Labute approximate surface area is 200 Å². The van der Waals surface area contributed by atoms with Crippen LogP contribution in [-0.2, 0) is 19.6 Å². The molecule has 2 heterocycles. The zero-order valence-corrected chi connectivity index (χ0v) is 20.0. The molecule has 8 nitrogen and oxygen atoms in total. The van der Waals surface area contributed by atoms with E-state index >= 15 is 0 Å². The number of hydrogen-bond acceptors (Lipinski definition) is 6. The van der Waals surface area contributed by atoms with E-state index in [0.29, 0.717) is 32.6 Å². The number of rotatable bonds is 7. The van der Waals surface area contributed by atoms with E-state index in [1.54, 1.807) is 6.07 Å². The monoisotopic (exact) mass is 483 g/mol. The van der Waals surface area contributed by atoms with E-state index in [4.69, 9.17) is 4.74 Å². The topological polar surface area (TPSA) is 87.2 Å². The Morgan fingerprint density at radius 3 is 2.26 bits per heavy atom. The number of carbonyl (C=O) groups excluding carboxylic acids is 2. The van der Waals surface area contributed by atoms with Crippen LogP contribution in [0.25, 0.3) is 6.08 Å². The van der Waals surface area contributed by atoms with Gasteiger partial charge in [0, 0.05) is 45.6 Å². The number of piperidine rings is 1. The van der Waals surface area contributed by atoms with Crippen molar-refractivity contribution in [1.82, 2.24) is 9.21 Å².